The van der Waals surface area contributed by atoms with E-state index in [1.165, 1.54) is 23.5 Å². The second kappa shape index (κ2) is 8.40. The molecule has 3 aromatic rings. The van der Waals surface area contributed by atoms with Crippen molar-refractivity contribution in [1.82, 2.24) is 10.2 Å². The molecular formula is C17H13F3N4OS2. The average Bonchev–Trinajstić information content (AvgIpc) is 3.05. The predicted molar refractivity (Wildman–Crippen MR) is 99.9 cm³/mol. The van der Waals surface area contributed by atoms with Gasteiger partial charge in [0.25, 0.3) is 0 Å². The number of carbonyl (C=O) groups excluding carboxylic acids is 1. The zero-order chi connectivity index (χ0) is 19.4. The molecule has 140 valence electrons. The van der Waals surface area contributed by atoms with E-state index in [9.17, 15) is 18.0 Å². The van der Waals surface area contributed by atoms with Crippen LogP contribution in [0.2, 0.25) is 0 Å². The van der Waals surface area contributed by atoms with Crippen LogP contribution >= 0.6 is 23.1 Å². The normalized spacial score (nSPS) is 11.9. The van der Waals surface area contributed by atoms with Gasteiger partial charge in [-0.05, 0) is 37.3 Å². The summed E-state index contributed by atoms with van der Waals surface area (Å²) in [6.07, 6.45) is 0. The van der Waals surface area contributed by atoms with Crippen LogP contribution in [-0.4, -0.2) is 21.4 Å². The lowest BCUT2D eigenvalue weighted by Crippen LogP contribution is -2.23. The molecule has 2 aromatic carbocycles. The van der Waals surface area contributed by atoms with Gasteiger partial charge in [0.1, 0.15) is 17.5 Å². The summed E-state index contributed by atoms with van der Waals surface area (Å²) in [5.74, 6) is -2.25. The fourth-order valence-corrected chi connectivity index (χ4v) is 3.95. The summed E-state index contributed by atoms with van der Waals surface area (Å²) in [4.78, 5) is 12.2. The highest BCUT2D eigenvalue weighted by Crippen LogP contribution is 2.31. The number of hydrogen-bond donors (Lipinski definition) is 2. The monoisotopic (exact) mass is 410 g/mol. The number of amides is 1. The summed E-state index contributed by atoms with van der Waals surface area (Å²) in [6, 6.07) is 8.71. The first-order valence-electron chi connectivity index (χ1n) is 7.69. The smallest absolute Gasteiger partial charge is 0.237 e. The lowest BCUT2D eigenvalue weighted by Gasteiger charge is -2.10. The minimum atomic E-state index is -0.723. The lowest BCUT2D eigenvalue weighted by molar-refractivity contribution is -0.115. The number of halogens is 3. The second-order valence-corrected chi connectivity index (χ2v) is 7.95. The van der Waals surface area contributed by atoms with Gasteiger partial charge in [-0.3, -0.25) is 4.79 Å². The first kappa shape index (κ1) is 19.2. The summed E-state index contributed by atoms with van der Waals surface area (Å²) < 4.78 is 40.5. The van der Waals surface area contributed by atoms with Crippen molar-refractivity contribution >= 4 is 45.5 Å². The fraction of sp³-hybridized carbons (Fsp3) is 0.118. The molecule has 0 aliphatic carbocycles. The molecule has 1 amide bonds. The highest BCUT2D eigenvalue weighted by Gasteiger charge is 2.19. The maximum atomic E-state index is 13.6. The van der Waals surface area contributed by atoms with Gasteiger partial charge in [0.15, 0.2) is 4.34 Å². The molecule has 0 bridgehead atoms. The van der Waals surface area contributed by atoms with Crippen LogP contribution in [0.25, 0.3) is 0 Å². The zero-order valence-electron chi connectivity index (χ0n) is 13.9. The fourth-order valence-electron chi connectivity index (χ4n) is 2.03. The number of nitrogens with zero attached hydrogens (tertiary/aromatic N) is 2. The number of rotatable bonds is 6. The molecule has 0 saturated heterocycles. The number of benzene rings is 2. The summed E-state index contributed by atoms with van der Waals surface area (Å²) in [6.45, 7) is 1.61. The topological polar surface area (TPSA) is 66.9 Å². The lowest BCUT2D eigenvalue weighted by atomic mass is 10.3. The molecule has 10 heteroatoms. The predicted octanol–water partition coefficient (Wildman–Crippen LogP) is 4.82. The van der Waals surface area contributed by atoms with E-state index in [0.717, 1.165) is 30.0 Å². The molecule has 27 heavy (non-hydrogen) atoms. The Hall–Kier alpha value is -2.59. The molecule has 0 saturated carbocycles. The minimum absolute atomic E-state index is 0.224. The third-order valence-electron chi connectivity index (χ3n) is 3.32. The molecule has 0 aliphatic rings. The third kappa shape index (κ3) is 5.20. The quantitative estimate of drug-likeness (QED) is 0.571. The highest BCUT2D eigenvalue weighted by atomic mass is 32.2. The van der Waals surface area contributed by atoms with Crippen LogP contribution in [0.15, 0.2) is 46.8 Å². The SMILES string of the molecule is C[C@H](Sc1nnc(Nc2cccc(F)c2)s1)C(=O)Nc1cc(F)ccc1F. The molecule has 0 radical (unpaired) electrons. The van der Waals surface area contributed by atoms with E-state index < -0.39 is 22.8 Å². The summed E-state index contributed by atoms with van der Waals surface area (Å²) >= 11 is 2.30. The standard InChI is InChI=1S/C17H13F3N4OS2/c1-9(15(25)22-14-8-11(19)5-6-13(14)20)26-17-24-23-16(27-17)21-12-4-2-3-10(18)7-12/h2-9H,1H3,(H,21,23)(H,22,25)/t9-/m0/s1. The number of carbonyl (C=O) groups is 1. The Kier molecular flexibility index (Phi) is 5.97. The molecule has 1 aromatic heterocycles. The molecule has 0 aliphatic heterocycles. The van der Waals surface area contributed by atoms with E-state index in [2.05, 4.69) is 20.8 Å². The average molecular weight is 410 g/mol. The van der Waals surface area contributed by atoms with Crippen molar-refractivity contribution in [2.45, 2.75) is 16.5 Å². The molecule has 0 fully saturated rings. The van der Waals surface area contributed by atoms with Crippen LogP contribution in [0.5, 0.6) is 0 Å². The van der Waals surface area contributed by atoms with E-state index in [0.29, 0.717) is 15.2 Å². The maximum Gasteiger partial charge on any atom is 0.237 e. The van der Waals surface area contributed by atoms with Crippen LogP contribution in [-0.2, 0) is 4.79 Å². The van der Waals surface area contributed by atoms with Gasteiger partial charge < -0.3 is 10.6 Å². The maximum absolute atomic E-state index is 13.6. The minimum Gasteiger partial charge on any atom is -0.330 e. The Balaban J connectivity index is 1.60. The van der Waals surface area contributed by atoms with Crippen LogP contribution in [0.1, 0.15) is 6.92 Å². The number of thioether (sulfide) groups is 1. The zero-order valence-corrected chi connectivity index (χ0v) is 15.5. The van der Waals surface area contributed by atoms with Crippen LogP contribution < -0.4 is 10.6 Å². The Bertz CT molecular complexity index is 967. The number of aromatic nitrogens is 2. The van der Waals surface area contributed by atoms with Crippen molar-refractivity contribution in [2.24, 2.45) is 0 Å². The number of nitrogens with one attached hydrogen (secondary N) is 2. The molecule has 1 heterocycles. The molecule has 0 unspecified atom stereocenters. The van der Waals surface area contributed by atoms with Crippen LogP contribution in [0.4, 0.5) is 29.7 Å². The Labute approximate surface area is 161 Å². The Morgan fingerprint density at radius 1 is 1.11 bits per heavy atom. The molecule has 3 rings (SSSR count). The third-order valence-corrected chi connectivity index (χ3v) is 5.34. The summed E-state index contributed by atoms with van der Waals surface area (Å²) in [5.41, 5.74) is 0.299. The van der Waals surface area contributed by atoms with E-state index in [1.54, 1.807) is 19.1 Å². The van der Waals surface area contributed by atoms with Gasteiger partial charge in [-0.15, -0.1) is 10.2 Å². The number of hydrogen-bond acceptors (Lipinski definition) is 6. The molecule has 2 N–H and O–H groups in total. The van der Waals surface area contributed by atoms with E-state index >= 15 is 0 Å². The van der Waals surface area contributed by atoms with Gasteiger partial charge in [-0.25, -0.2) is 13.2 Å². The summed E-state index contributed by atoms with van der Waals surface area (Å²) in [7, 11) is 0. The second-order valence-electron chi connectivity index (χ2n) is 5.38. The van der Waals surface area contributed by atoms with Crippen molar-refractivity contribution in [2.75, 3.05) is 10.6 Å². The van der Waals surface area contributed by atoms with Crippen LogP contribution in [0, 0.1) is 17.5 Å². The van der Waals surface area contributed by atoms with Gasteiger partial charge >= 0.3 is 0 Å². The molecular weight excluding hydrogens is 397 g/mol. The Morgan fingerprint density at radius 3 is 2.67 bits per heavy atom. The van der Waals surface area contributed by atoms with Gasteiger partial charge in [0.05, 0.1) is 10.9 Å². The van der Waals surface area contributed by atoms with Crippen molar-refractivity contribution in [3.8, 4) is 0 Å². The first-order valence-corrected chi connectivity index (χ1v) is 9.39. The molecule has 5 nitrogen and oxygen atoms in total. The highest BCUT2D eigenvalue weighted by molar-refractivity contribution is 8.02. The van der Waals surface area contributed by atoms with Gasteiger partial charge in [-0.2, -0.15) is 0 Å². The van der Waals surface area contributed by atoms with Gasteiger partial charge in [0, 0.05) is 11.8 Å². The van der Waals surface area contributed by atoms with Gasteiger partial charge in [-0.1, -0.05) is 29.2 Å². The first-order chi connectivity index (χ1) is 12.9. The Morgan fingerprint density at radius 2 is 1.89 bits per heavy atom. The van der Waals surface area contributed by atoms with E-state index in [4.69, 9.17) is 0 Å². The van der Waals surface area contributed by atoms with Crippen molar-refractivity contribution in [1.29, 1.82) is 0 Å². The van der Waals surface area contributed by atoms with Gasteiger partial charge in [0.2, 0.25) is 11.0 Å². The van der Waals surface area contributed by atoms with E-state index in [-0.39, 0.29) is 11.5 Å². The summed E-state index contributed by atoms with van der Waals surface area (Å²) in [5, 5.41) is 13.0. The molecule has 1 atom stereocenters. The molecule has 0 spiro atoms. The van der Waals surface area contributed by atoms with E-state index in [1.807, 2.05) is 0 Å². The number of anilines is 3. The van der Waals surface area contributed by atoms with Crippen LogP contribution in [0.3, 0.4) is 0 Å². The van der Waals surface area contributed by atoms with Crippen molar-refractivity contribution in [3.05, 3.63) is 59.9 Å². The van der Waals surface area contributed by atoms with Crippen molar-refractivity contribution < 1.29 is 18.0 Å². The largest absolute Gasteiger partial charge is 0.330 e. The van der Waals surface area contributed by atoms with Crippen molar-refractivity contribution in [3.63, 3.8) is 0 Å².